The lowest BCUT2D eigenvalue weighted by atomic mass is 10.1. The Kier molecular flexibility index (Phi) is 3.77. The lowest BCUT2D eigenvalue weighted by molar-refractivity contribution is 0.495. The van der Waals surface area contributed by atoms with Crippen LogP contribution in [0.1, 0.15) is 19.1 Å². The largest absolute Gasteiger partial charge is 0.469 e. The van der Waals surface area contributed by atoms with E-state index in [1.165, 1.54) is 0 Å². The fourth-order valence-electron chi connectivity index (χ4n) is 2.27. The first-order valence-corrected chi connectivity index (χ1v) is 7.06. The van der Waals surface area contributed by atoms with Crippen LogP contribution >= 0.6 is 0 Å². The number of anilines is 2. The number of hydrogen-bond donors (Lipinski definition) is 2. The molecule has 2 N–H and O–H groups in total. The predicted molar refractivity (Wildman–Crippen MR) is 82.6 cm³/mol. The molecule has 0 amide bonds. The van der Waals surface area contributed by atoms with E-state index in [2.05, 4.69) is 27.5 Å². The van der Waals surface area contributed by atoms with Gasteiger partial charge in [-0.25, -0.2) is 9.97 Å². The number of nitrogens with zero attached hydrogens (tertiary/aromatic N) is 3. The molecule has 0 saturated carbocycles. The third-order valence-corrected chi connectivity index (χ3v) is 3.42. The first-order valence-electron chi connectivity index (χ1n) is 7.06. The molecule has 0 aromatic carbocycles. The molecule has 0 aliphatic rings. The molecule has 1 unspecified atom stereocenters. The summed E-state index contributed by atoms with van der Waals surface area (Å²) in [5.74, 6) is 2.60. The van der Waals surface area contributed by atoms with Crippen LogP contribution in [0.5, 0.6) is 0 Å². The normalized spacial score (nSPS) is 12.5. The van der Waals surface area contributed by atoms with E-state index in [0.29, 0.717) is 0 Å². The molecule has 3 rings (SSSR count). The molecule has 6 heteroatoms. The molecular weight excluding hydrogens is 266 g/mol. The van der Waals surface area contributed by atoms with Crippen molar-refractivity contribution in [2.24, 2.45) is 0 Å². The number of imidazole rings is 1. The van der Waals surface area contributed by atoms with Gasteiger partial charge in [0.2, 0.25) is 0 Å². The molecular formula is C15H19N5O. The fourth-order valence-corrected chi connectivity index (χ4v) is 2.27. The first kappa shape index (κ1) is 13.5. The minimum atomic E-state index is 0.273. The number of hydrogen-bond acceptors (Lipinski definition) is 5. The molecule has 3 heterocycles. The van der Waals surface area contributed by atoms with Crippen LogP contribution in [0.3, 0.4) is 0 Å². The van der Waals surface area contributed by atoms with Crippen LogP contribution in [0.15, 0.2) is 41.4 Å². The Morgan fingerprint density at radius 2 is 2.33 bits per heavy atom. The van der Waals surface area contributed by atoms with Gasteiger partial charge in [-0.2, -0.15) is 0 Å². The van der Waals surface area contributed by atoms with Gasteiger partial charge in [-0.15, -0.1) is 0 Å². The summed E-state index contributed by atoms with van der Waals surface area (Å²) in [4.78, 5) is 8.90. The highest BCUT2D eigenvalue weighted by Crippen LogP contribution is 2.18. The Morgan fingerprint density at radius 3 is 3.10 bits per heavy atom. The zero-order valence-electron chi connectivity index (χ0n) is 12.2. The monoisotopic (exact) mass is 285 g/mol. The second kappa shape index (κ2) is 5.87. The van der Waals surface area contributed by atoms with E-state index in [-0.39, 0.29) is 6.04 Å². The van der Waals surface area contributed by atoms with Crippen molar-refractivity contribution in [3.63, 3.8) is 0 Å². The van der Waals surface area contributed by atoms with E-state index in [1.807, 2.05) is 36.0 Å². The van der Waals surface area contributed by atoms with Gasteiger partial charge >= 0.3 is 0 Å². The van der Waals surface area contributed by atoms with Gasteiger partial charge in [0.25, 0.3) is 0 Å². The number of aromatic nitrogens is 3. The second-order valence-electron chi connectivity index (χ2n) is 5.05. The van der Waals surface area contributed by atoms with Crippen molar-refractivity contribution < 1.29 is 4.42 Å². The fraction of sp³-hybridized carbons (Fsp3) is 0.333. The van der Waals surface area contributed by atoms with E-state index in [9.17, 15) is 0 Å². The lowest BCUT2D eigenvalue weighted by Crippen LogP contribution is -2.18. The summed E-state index contributed by atoms with van der Waals surface area (Å²) >= 11 is 0. The topological polar surface area (TPSA) is 67.4 Å². The van der Waals surface area contributed by atoms with Crippen LogP contribution in [0.25, 0.3) is 5.65 Å². The van der Waals surface area contributed by atoms with Gasteiger partial charge in [0.05, 0.1) is 12.5 Å². The van der Waals surface area contributed by atoms with Crippen molar-refractivity contribution in [2.75, 3.05) is 17.7 Å². The molecule has 0 bridgehead atoms. The van der Waals surface area contributed by atoms with Gasteiger partial charge in [0.1, 0.15) is 11.6 Å². The summed E-state index contributed by atoms with van der Waals surface area (Å²) < 4.78 is 7.32. The molecule has 1 atom stereocenters. The number of rotatable bonds is 6. The Labute approximate surface area is 123 Å². The van der Waals surface area contributed by atoms with Gasteiger partial charge in [-0.1, -0.05) is 0 Å². The summed E-state index contributed by atoms with van der Waals surface area (Å²) in [6, 6.07) is 4.19. The van der Waals surface area contributed by atoms with Gasteiger partial charge in [-0.05, 0) is 25.5 Å². The quantitative estimate of drug-likeness (QED) is 0.729. The molecule has 0 saturated heterocycles. The van der Waals surface area contributed by atoms with Crippen molar-refractivity contribution in [3.8, 4) is 0 Å². The van der Waals surface area contributed by atoms with Gasteiger partial charge in [0.15, 0.2) is 11.5 Å². The van der Waals surface area contributed by atoms with E-state index in [1.54, 1.807) is 12.5 Å². The van der Waals surface area contributed by atoms with E-state index >= 15 is 0 Å². The van der Waals surface area contributed by atoms with Crippen molar-refractivity contribution in [2.45, 2.75) is 25.8 Å². The number of fused-ring (bicyclic) bond motifs is 1. The predicted octanol–water partition coefficient (Wildman–Crippen LogP) is 2.80. The average Bonchev–Trinajstić information content (AvgIpc) is 3.16. The second-order valence-corrected chi connectivity index (χ2v) is 5.05. The third-order valence-electron chi connectivity index (χ3n) is 3.42. The SMILES string of the molecule is CNc1cn2ccnc2c(NC(C)CCc2ccco2)n1. The van der Waals surface area contributed by atoms with Gasteiger partial charge in [-0.3, -0.25) is 0 Å². The summed E-state index contributed by atoms with van der Waals surface area (Å²) in [5, 5.41) is 6.49. The summed E-state index contributed by atoms with van der Waals surface area (Å²) in [7, 11) is 1.86. The zero-order valence-corrected chi connectivity index (χ0v) is 12.2. The van der Waals surface area contributed by atoms with E-state index < -0.39 is 0 Å². The average molecular weight is 285 g/mol. The van der Waals surface area contributed by atoms with Crippen molar-refractivity contribution >= 4 is 17.3 Å². The van der Waals surface area contributed by atoms with Gasteiger partial charge in [0, 0.05) is 31.9 Å². The minimum Gasteiger partial charge on any atom is -0.469 e. The Bertz CT molecular complexity index is 704. The third kappa shape index (κ3) is 2.99. The highest BCUT2D eigenvalue weighted by molar-refractivity contribution is 5.65. The molecule has 3 aromatic heterocycles. The molecule has 3 aromatic rings. The smallest absolute Gasteiger partial charge is 0.180 e. The Hall–Kier alpha value is -2.50. The molecule has 110 valence electrons. The Balaban J connectivity index is 1.72. The van der Waals surface area contributed by atoms with Crippen molar-refractivity contribution in [1.82, 2.24) is 14.4 Å². The van der Waals surface area contributed by atoms with Crippen LogP contribution in [0.4, 0.5) is 11.6 Å². The standard InChI is InChI=1S/C15H19N5O/c1-11(5-6-12-4-3-9-21-12)18-14-15-17-7-8-20(15)10-13(16-2)19-14/h3-4,7-11,16H,5-6H2,1-2H3,(H,18,19). The van der Waals surface area contributed by atoms with Crippen LogP contribution in [0, 0.1) is 0 Å². The zero-order chi connectivity index (χ0) is 14.7. The van der Waals surface area contributed by atoms with Crippen molar-refractivity contribution in [3.05, 3.63) is 42.7 Å². The van der Waals surface area contributed by atoms with Crippen LogP contribution in [-0.4, -0.2) is 27.5 Å². The van der Waals surface area contributed by atoms with Crippen LogP contribution < -0.4 is 10.6 Å². The molecule has 21 heavy (non-hydrogen) atoms. The minimum absolute atomic E-state index is 0.273. The summed E-state index contributed by atoms with van der Waals surface area (Å²) in [5.41, 5.74) is 0.832. The van der Waals surface area contributed by atoms with Crippen LogP contribution in [0.2, 0.25) is 0 Å². The maximum atomic E-state index is 5.36. The first-order chi connectivity index (χ1) is 10.3. The highest BCUT2D eigenvalue weighted by Gasteiger charge is 2.10. The number of aryl methyl sites for hydroxylation is 1. The molecule has 0 spiro atoms. The number of furan rings is 1. The summed E-state index contributed by atoms with van der Waals surface area (Å²) in [6.45, 7) is 2.14. The van der Waals surface area contributed by atoms with Gasteiger partial charge < -0.3 is 19.5 Å². The van der Waals surface area contributed by atoms with E-state index in [0.717, 1.165) is 35.9 Å². The molecule has 0 aliphatic heterocycles. The van der Waals surface area contributed by atoms with Crippen molar-refractivity contribution in [1.29, 1.82) is 0 Å². The number of nitrogens with one attached hydrogen (secondary N) is 2. The lowest BCUT2D eigenvalue weighted by Gasteiger charge is -2.15. The molecule has 0 aliphatic carbocycles. The maximum absolute atomic E-state index is 5.36. The molecule has 0 fully saturated rings. The Morgan fingerprint density at radius 1 is 1.43 bits per heavy atom. The molecule has 0 radical (unpaired) electrons. The highest BCUT2D eigenvalue weighted by atomic mass is 16.3. The summed E-state index contributed by atoms with van der Waals surface area (Å²) in [6.07, 6.45) is 9.18. The molecule has 6 nitrogen and oxygen atoms in total. The maximum Gasteiger partial charge on any atom is 0.180 e. The van der Waals surface area contributed by atoms with Crippen LogP contribution in [-0.2, 0) is 6.42 Å². The van der Waals surface area contributed by atoms with E-state index in [4.69, 9.17) is 4.42 Å².